The third kappa shape index (κ3) is 9.64. The maximum absolute atomic E-state index is 10.3. The number of hydrogen-bond donors (Lipinski definition) is 2. The lowest BCUT2D eigenvalue weighted by Crippen LogP contribution is -2.09. The third-order valence-electron chi connectivity index (χ3n) is 2.12. The van der Waals surface area contributed by atoms with Crippen LogP contribution in [0.2, 0.25) is 0 Å². The molecule has 0 unspecified atom stereocenters. The minimum absolute atomic E-state index is 0.167. The molecule has 108 valence electrons. The van der Waals surface area contributed by atoms with Crippen LogP contribution in [0.5, 0.6) is 5.75 Å². The van der Waals surface area contributed by atoms with Crippen LogP contribution in [-0.2, 0) is 14.0 Å². The molecule has 1 aromatic rings. The molecule has 2 fully saturated rings. The van der Waals surface area contributed by atoms with Crippen LogP contribution >= 0.6 is 7.82 Å². The summed E-state index contributed by atoms with van der Waals surface area (Å²) in [4.78, 5) is 16.7. The van der Waals surface area contributed by atoms with E-state index in [1.54, 1.807) is 18.2 Å². The first-order valence-electron chi connectivity index (χ1n) is 6.03. The molecule has 3 rings (SSSR count). The van der Waals surface area contributed by atoms with E-state index in [0.717, 1.165) is 26.4 Å². The molecule has 19 heavy (non-hydrogen) atoms. The van der Waals surface area contributed by atoms with Gasteiger partial charge < -0.3 is 14.0 Å². The molecule has 6 nitrogen and oxygen atoms in total. The van der Waals surface area contributed by atoms with Gasteiger partial charge in [0, 0.05) is 26.4 Å². The molecule has 0 atom stereocenters. The van der Waals surface area contributed by atoms with Crippen LogP contribution in [0, 0.1) is 0 Å². The predicted octanol–water partition coefficient (Wildman–Crippen LogP) is 1.97. The molecule has 0 radical (unpaired) electrons. The Balaban J connectivity index is 0.000000181. The van der Waals surface area contributed by atoms with E-state index in [1.165, 1.54) is 25.0 Å². The Morgan fingerprint density at radius 1 is 0.947 bits per heavy atom. The first kappa shape index (κ1) is 16.1. The van der Waals surface area contributed by atoms with E-state index in [2.05, 4.69) is 4.52 Å². The molecule has 0 aromatic heterocycles. The zero-order valence-electron chi connectivity index (χ0n) is 10.6. The summed E-state index contributed by atoms with van der Waals surface area (Å²) in [5.41, 5.74) is 0. The fourth-order valence-corrected chi connectivity index (χ4v) is 1.30. The maximum atomic E-state index is 10.3. The largest absolute Gasteiger partial charge is 0.524 e. The fourth-order valence-electron chi connectivity index (χ4n) is 0.907. The molecule has 0 bridgehead atoms. The summed E-state index contributed by atoms with van der Waals surface area (Å²) in [7, 11) is -4.39. The average molecular weight is 290 g/mol. The van der Waals surface area contributed by atoms with Gasteiger partial charge in [-0.25, -0.2) is 4.57 Å². The standard InChI is InChI=1S/C6H7O4P.2C3H6O/c7-11(8,9)10-6-4-2-1-3-5-6;2*1-2-4-3-1/h1-5H,(H2,7,8,9);2*1-3H2. The van der Waals surface area contributed by atoms with Crippen molar-refractivity contribution in [1.82, 2.24) is 0 Å². The SMILES string of the molecule is C1COC1.C1COC1.O=P(O)(O)Oc1ccccc1. The summed E-state index contributed by atoms with van der Waals surface area (Å²) < 4.78 is 24.0. The molecule has 2 saturated heterocycles. The van der Waals surface area contributed by atoms with E-state index in [-0.39, 0.29) is 5.75 Å². The molecule has 0 amide bonds. The van der Waals surface area contributed by atoms with Gasteiger partial charge in [-0.05, 0) is 25.0 Å². The van der Waals surface area contributed by atoms with Crippen LogP contribution in [0.25, 0.3) is 0 Å². The summed E-state index contributed by atoms with van der Waals surface area (Å²) in [6.07, 6.45) is 2.56. The monoisotopic (exact) mass is 290 g/mol. The summed E-state index contributed by atoms with van der Waals surface area (Å²) in [5, 5.41) is 0. The van der Waals surface area contributed by atoms with Crippen LogP contribution in [-0.4, -0.2) is 36.2 Å². The number of hydrogen-bond acceptors (Lipinski definition) is 4. The van der Waals surface area contributed by atoms with Gasteiger partial charge in [0.2, 0.25) is 0 Å². The third-order valence-corrected chi connectivity index (χ3v) is 2.57. The normalized spacial score (nSPS) is 16.5. The van der Waals surface area contributed by atoms with Crippen LogP contribution in [0.4, 0.5) is 0 Å². The van der Waals surface area contributed by atoms with Crippen molar-refractivity contribution in [2.45, 2.75) is 12.8 Å². The highest BCUT2D eigenvalue weighted by Gasteiger charge is 2.14. The number of ether oxygens (including phenoxy) is 2. The van der Waals surface area contributed by atoms with Crippen LogP contribution in [0.3, 0.4) is 0 Å². The van der Waals surface area contributed by atoms with Crippen molar-refractivity contribution in [3.8, 4) is 5.75 Å². The van der Waals surface area contributed by atoms with Crippen molar-refractivity contribution in [3.63, 3.8) is 0 Å². The van der Waals surface area contributed by atoms with E-state index in [4.69, 9.17) is 19.3 Å². The van der Waals surface area contributed by atoms with Gasteiger partial charge in [-0.15, -0.1) is 0 Å². The summed E-state index contributed by atoms with van der Waals surface area (Å²) in [6, 6.07) is 7.93. The number of benzene rings is 1. The Kier molecular flexibility index (Phi) is 7.70. The van der Waals surface area contributed by atoms with Gasteiger partial charge in [0.15, 0.2) is 0 Å². The van der Waals surface area contributed by atoms with E-state index in [0.29, 0.717) is 0 Å². The minimum atomic E-state index is -4.39. The topological polar surface area (TPSA) is 85.2 Å². The number of phosphoric acid groups is 1. The highest BCUT2D eigenvalue weighted by atomic mass is 31.2. The van der Waals surface area contributed by atoms with Crippen LogP contribution < -0.4 is 4.52 Å². The molecule has 2 heterocycles. The molecule has 2 aliphatic heterocycles. The Labute approximate surface area is 112 Å². The van der Waals surface area contributed by atoms with Crippen LogP contribution in [0.1, 0.15) is 12.8 Å². The lowest BCUT2D eigenvalue weighted by atomic mass is 10.3. The molecular formula is C12H19O6P. The van der Waals surface area contributed by atoms with Crippen molar-refractivity contribution in [2.75, 3.05) is 26.4 Å². The van der Waals surface area contributed by atoms with Gasteiger partial charge in [-0.3, -0.25) is 9.79 Å². The minimum Gasteiger partial charge on any atom is -0.404 e. The molecule has 0 aliphatic carbocycles. The molecular weight excluding hydrogens is 271 g/mol. The second-order valence-electron chi connectivity index (χ2n) is 3.83. The summed E-state index contributed by atoms with van der Waals surface area (Å²) in [6.45, 7) is 4.00. The molecule has 2 aliphatic rings. The number of rotatable bonds is 2. The molecule has 7 heteroatoms. The Hall–Kier alpha value is -0.910. The van der Waals surface area contributed by atoms with Gasteiger partial charge in [0.05, 0.1) is 0 Å². The predicted molar refractivity (Wildman–Crippen MR) is 70.0 cm³/mol. The highest BCUT2D eigenvalue weighted by molar-refractivity contribution is 7.46. The molecule has 2 N–H and O–H groups in total. The van der Waals surface area contributed by atoms with Gasteiger partial charge in [0.1, 0.15) is 5.75 Å². The van der Waals surface area contributed by atoms with E-state index in [1.807, 2.05) is 0 Å². The van der Waals surface area contributed by atoms with Gasteiger partial charge in [-0.2, -0.15) is 0 Å². The number of para-hydroxylation sites is 1. The summed E-state index contributed by atoms with van der Waals surface area (Å²) in [5.74, 6) is 0.167. The van der Waals surface area contributed by atoms with E-state index < -0.39 is 7.82 Å². The van der Waals surface area contributed by atoms with Gasteiger partial charge >= 0.3 is 7.82 Å². The van der Waals surface area contributed by atoms with Crippen molar-refractivity contribution >= 4 is 7.82 Å². The Morgan fingerprint density at radius 2 is 1.32 bits per heavy atom. The van der Waals surface area contributed by atoms with E-state index >= 15 is 0 Å². The van der Waals surface area contributed by atoms with Crippen molar-refractivity contribution < 1.29 is 28.3 Å². The molecule has 0 saturated carbocycles. The highest BCUT2D eigenvalue weighted by Crippen LogP contribution is 2.36. The maximum Gasteiger partial charge on any atom is 0.524 e. The first-order valence-corrected chi connectivity index (χ1v) is 7.56. The molecule has 0 spiro atoms. The average Bonchev–Trinajstić information content (AvgIpc) is 2.10. The first-order chi connectivity index (χ1) is 9.08. The second-order valence-corrected chi connectivity index (χ2v) is 4.99. The van der Waals surface area contributed by atoms with Crippen molar-refractivity contribution in [2.24, 2.45) is 0 Å². The van der Waals surface area contributed by atoms with Gasteiger partial charge in [0.25, 0.3) is 0 Å². The van der Waals surface area contributed by atoms with Crippen molar-refractivity contribution in [3.05, 3.63) is 30.3 Å². The van der Waals surface area contributed by atoms with E-state index in [9.17, 15) is 4.57 Å². The molecule has 1 aromatic carbocycles. The zero-order valence-corrected chi connectivity index (χ0v) is 11.5. The lowest BCUT2D eigenvalue weighted by Gasteiger charge is -2.09. The van der Waals surface area contributed by atoms with Crippen LogP contribution in [0.15, 0.2) is 30.3 Å². The quantitative estimate of drug-likeness (QED) is 0.810. The second kappa shape index (κ2) is 9.07. The zero-order chi connectivity index (χ0) is 14.0. The number of phosphoric ester groups is 1. The Morgan fingerprint density at radius 3 is 1.58 bits per heavy atom. The lowest BCUT2D eigenvalue weighted by molar-refractivity contribution is 0.0366. The summed E-state index contributed by atoms with van der Waals surface area (Å²) >= 11 is 0. The fraction of sp³-hybridized carbons (Fsp3) is 0.500. The van der Waals surface area contributed by atoms with Gasteiger partial charge in [-0.1, -0.05) is 18.2 Å². The van der Waals surface area contributed by atoms with Crippen molar-refractivity contribution in [1.29, 1.82) is 0 Å². The Bertz CT molecular complexity index is 353. The smallest absolute Gasteiger partial charge is 0.404 e.